The van der Waals surface area contributed by atoms with Crippen molar-refractivity contribution in [1.29, 1.82) is 0 Å². The van der Waals surface area contributed by atoms with E-state index in [2.05, 4.69) is 0 Å². The average Bonchev–Trinajstić information content (AvgIpc) is 3.56. The lowest BCUT2D eigenvalue weighted by atomic mass is 9.82. The van der Waals surface area contributed by atoms with Crippen molar-refractivity contribution in [2.75, 3.05) is 25.7 Å². The van der Waals surface area contributed by atoms with Crippen LogP contribution in [0.25, 0.3) is 5.69 Å². The second-order valence-electron chi connectivity index (χ2n) is 14.6. The SMILES string of the molecule is COc1ccc2c(c1)[C@@]1(O[C@H](CC(=O)N3Cc4ccccc4C[C@H]3CO)[C@@H]([Si](C)(C)O)[C@@H]1C)C(=O)N2Cc1ccc(-n2cccc(OC)c2=O)cc1. The van der Waals surface area contributed by atoms with Crippen LogP contribution in [-0.2, 0) is 39.4 Å². The molecule has 0 bridgehead atoms. The predicted molar refractivity (Wildman–Crippen MR) is 198 cm³/mol. The van der Waals surface area contributed by atoms with E-state index >= 15 is 0 Å². The van der Waals surface area contributed by atoms with E-state index in [1.54, 1.807) is 35.2 Å². The fourth-order valence-corrected chi connectivity index (χ4v) is 11.2. The van der Waals surface area contributed by atoms with Crippen LogP contribution in [0.3, 0.4) is 0 Å². The van der Waals surface area contributed by atoms with Gasteiger partial charge >= 0.3 is 0 Å². The number of amides is 2. The summed E-state index contributed by atoms with van der Waals surface area (Å²) in [5.74, 6) is -0.132. The summed E-state index contributed by atoms with van der Waals surface area (Å²) in [5, 5.41) is 10.3. The monoisotopic (exact) mass is 723 g/mol. The lowest BCUT2D eigenvalue weighted by Crippen LogP contribution is -2.48. The maximum atomic E-state index is 15.0. The lowest BCUT2D eigenvalue weighted by molar-refractivity contribution is -0.151. The molecular weight excluding hydrogens is 679 g/mol. The molecule has 3 aliphatic rings. The van der Waals surface area contributed by atoms with Crippen molar-refractivity contribution in [1.82, 2.24) is 9.47 Å². The number of carbonyl (C=O) groups excluding carboxylic acids is 2. The van der Waals surface area contributed by atoms with Gasteiger partial charge in [-0.3, -0.25) is 19.0 Å². The van der Waals surface area contributed by atoms with Crippen molar-refractivity contribution in [3.05, 3.63) is 118 Å². The van der Waals surface area contributed by atoms with Crippen LogP contribution in [0.1, 0.15) is 35.6 Å². The van der Waals surface area contributed by atoms with Gasteiger partial charge in [-0.1, -0.05) is 43.3 Å². The van der Waals surface area contributed by atoms with Gasteiger partial charge in [-0.05, 0) is 78.7 Å². The molecule has 0 radical (unpaired) electrons. The number of nitrogens with zero attached hydrogens (tertiary/aromatic N) is 3. The minimum atomic E-state index is -3.05. The molecule has 2 amide bonds. The summed E-state index contributed by atoms with van der Waals surface area (Å²) in [6.07, 6.45) is 1.44. The number of methoxy groups -OCH3 is 2. The molecule has 1 aromatic heterocycles. The third-order valence-corrected chi connectivity index (χ3v) is 13.6. The Morgan fingerprint density at radius 1 is 0.981 bits per heavy atom. The Kier molecular flexibility index (Phi) is 9.36. The van der Waals surface area contributed by atoms with Crippen molar-refractivity contribution in [2.45, 2.75) is 69.2 Å². The molecule has 0 saturated carbocycles. The number of aliphatic hydroxyl groups excluding tert-OH is 1. The van der Waals surface area contributed by atoms with E-state index in [-0.39, 0.29) is 48.7 Å². The van der Waals surface area contributed by atoms with Gasteiger partial charge in [0.25, 0.3) is 11.5 Å². The van der Waals surface area contributed by atoms with Crippen LogP contribution in [0.5, 0.6) is 11.5 Å². The molecular formula is C40H45N3O8Si. The Balaban J connectivity index is 1.21. The second kappa shape index (κ2) is 13.7. The highest BCUT2D eigenvalue weighted by Crippen LogP contribution is 2.60. The number of benzene rings is 3. The molecule has 7 rings (SSSR count). The highest BCUT2D eigenvalue weighted by Gasteiger charge is 2.66. The van der Waals surface area contributed by atoms with E-state index in [0.29, 0.717) is 35.7 Å². The third-order valence-electron chi connectivity index (χ3n) is 11.1. The predicted octanol–water partition coefficient (Wildman–Crippen LogP) is 4.54. The van der Waals surface area contributed by atoms with Gasteiger partial charge in [0, 0.05) is 35.5 Å². The molecule has 5 atom stereocenters. The molecule has 0 aliphatic carbocycles. The number of fused-ring (bicyclic) bond motifs is 3. The summed E-state index contributed by atoms with van der Waals surface area (Å²) in [5.41, 5.74) is 2.75. The Hall–Kier alpha value is -4.75. The van der Waals surface area contributed by atoms with E-state index in [1.807, 2.05) is 86.7 Å². The molecule has 1 fully saturated rings. The van der Waals surface area contributed by atoms with Crippen LogP contribution >= 0.6 is 0 Å². The fourth-order valence-electron chi connectivity index (χ4n) is 8.65. The lowest BCUT2D eigenvalue weighted by Gasteiger charge is -2.37. The summed E-state index contributed by atoms with van der Waals surface area (Å²) in [7, 11) is -0.0201. The number of hydrogen-bond donors (Lipinski definition) is 2. The van der Waals surface area contributed by atoms with Crippen molar-refractivity contribution in [3.63, 3.8) is 0 Å². The average molecular weight is 724 g/mol. The van der Waals surface area contributed by atoms with Gasteiger partial charge in [0.05, 0.1) is 51.6 Å². The Labute approximate surface area is 304 Å². The van der Waals surface area contributed by atoms with Gasteiger partial charge in [0.1, 0.15) is 5.75 Å². The molecule has 52 heavy (non-hydrogen) atoms. The van der Waals surface area contributed by atoms with Crippen molar-refractivity contribution in [2.24, 2.45) is 5.92 Å². The highest BCUT2D eigenvalue weighted by molar-refractivity contribution is 6.71. The molecule has 4 aromatic rings. The standard InChI is InChI=1S/C40H45N3O8Si/c1-25-37(52(4,5)48)35(21-36(45)42-23-28-10-7-6-9-27(28)19-30(42)24-44)51-40(25)32-20-31(49-2)16-17-33(32)43(39(40)47)22-26-12-14-29(15-13-26)41-18-8-11-34(50-3)38(41)46/h6-18,20,25,30,35,37,44,48H,19,21-24H2,1-5H3/t25-,30-,35+,37-,40+/m0/s1. The molecule has 12 heteroatoms. The van der Waals surface area contributed by atoms with Crippen molar-refractivity contribution < 1.29 is 33.7 Å². The van der Waals surface area contributed by atoms with Crippen LogP contribution in [0.4, 0.5) is 5.69 Å². The summed E-state index contributed by atoms with van der Waals surface area (Å²) >= 11 is 0. The number of rotatable bonds is 9. The molecule has 3 aromatic carbocycles. The summed E-state index contributed by atoms with van der Waals surface area (Å²) < 4.78 is 19.3. The largest absolute Gasteiger partial charge is 0.497 e. The van der Waals surface area contributed by atoms with E-state index in [9.17, 15) is 24.3 Å². The topological polar surface area (TPSA) is 131 Å². The van der Waals surface area contributed by atoms with E-state index in [0.717, 1.165) is 16.7 Å². The smallest absolute Gasteiger partial charge is 0.297 e. The Bertz CT molecular complexity index is 2060. The van der Waals surface area contributed by atoms with Crippen molar-refractivity contribution in [3.8, 4) is 17.2 Å². The number of pyridine rings is 1. The maximum Gasteiger partial charge on any atom is 0.297 e. The maximum absolute atomic E-state index is 15.0. The third kappa shape index (κ3) is 5.93. The Morgan fingerprint density at radius 3 is 2.38 bits per heavy atom. The molecule has 2 N–H and O–H groups in total. The first-order valence-electron chi connectivity index (χ1n) is 17.6. The highest BCUT2D eigenvalue weighted by atomic mass is 28.4. The quantitative estimate of drug-likeness (QED) is 0.241. The van der Waals surface area contributed by atoms with Gasteiger partial charge in [-0.15, -0.1) is 0 Å². The summed E-state index contributed by atoms with van der Waals surface area (Å²) in [4.78, 5) is 57.1. The molecule has 3 aliphatic heterocycles. The number of anilines is 1. The zero-order valence-electron chi connectivity index (χ0n) is 30.1. The number of aliphatic hydroxyl groups is 1. The fraction of sp³-hybridized carbons (Fsp3) is 0.375. The molecule has 0 unspecified atom stereocenters. The number of carbonyl (C=O) groups is 2. The molecule has 4 heterocycles. The van der Waals surface area contributed by atoms with Crippen LogP contribution in [-0.4, -0.2) is 72.5 Å². The molecule has 1 saturated heterocycles. The van der Waals surface area contributed by atoms with E-state index < -0.39 is 31.5 Å². The minimum Gasteiger partial charge on any atom is -0.497 e. The molecule has 1 spiro atoms. The van der Waals surface area contributed by atoms with Crippen LogP contribution in [0.2, 0.25) is 18.6 Å². The van der Waals surface area contributed by atoms with E-state index in [4.69, 9.17) is 14.2 Å². The zero-order valence-corrected chi connectivity index (χ0v) is 31.1. The first kappa shape index (κ1) is 35.6. The van der Waals surface area contributed by atoms with E-state index in [1.165, 1.54) is 11.7 Å². The van der Waals surface area contributed by atoms with Gasteiger partial charge < -0.3 is 33.9 Å². The van der Waals surface area contributed by atoms with Crippen LogP contribution in [0, 0.1) is 5.92 Å². The zero-order chi connectivity index (χ0) is 36.9. The first-order valence-corrected chi connectivity index (χ1v) is 20.7. The molecule has 11 nitrogen and oxygen atoms in total. The van der Waals surface area contributed by atoms with Crippen LogP contribution in [0.15, 0.2) is 89.9 Å². The van der Waals surface area contributed by atoms with Gasteiger partial charge in [0.2, 0.25) is 5.91 Å². The van der Waals surface area contributed by atoms with Crippen molar-refractivity contribution >= 4 is 25.8 Å². The second-order valence-corrected chi connectivity index (χ2v) is 18.6. The van der Waals surface area contributed by atoms with Crippen LogP contribution < -0.4 is 19.9 Å². The number of aromatic nitrogens is 1. The van der Waals surface area contributed by atoms with Gasteiger partial charge in [0.15, 0.2) is 19.7 Å². The van der Waals surface area contributed by atoms with Gasteiger partial charge in [-0.25, -0.2) is 0 Å². The summed E-state index contributed by atoms with van der Waals surface area (Å²) in [6, 6.07) is 23.8. The number of ether oxygens (including phenoxy) is 3. The normalized spacial score (nSPS) is 23.9. The van der Waals surface area contributed by atoms with Gasteiger partial charge in [-0.2, -0.15) is 0 Å². The first-order chi connectivity index (χ1) is 24.9. The Morgan fingerprint density at radius 2 is 1.71 bits per heavy atom. The molecule has 272 valence electrons. The minimum absolute atomic E-state index is 0.0376. The number of hydrogen-bond acceptors (Lipinski definition) is 8. The summed E-state index contributed by atoms with van der Waals surface area (Å²) in [6.45, 7) is 6.03.